The fourth-order valence-corrected chi connectivity index (χ4v) is 2.65. The lowest BCUT2D eigenvalue weighted by molar-refractivity contribution is 0.563. The molecule has 1 aromatic rings. The maximum Gasteiger partial charge on any atom is 0.243 e. The minimum Gasteiger partial charge on any atom is -0.207 e. The molecule has 0 unspecified atom stereocenters. The summed E-state index contributed by atoms with van der Waals surface area (Å²) in [7, 11) is -3.15. The predicted molar refractivity (Wildman–Crippen MR) is 49.9 cm³/mol. The maximum absolute atomic E-state index is 11.7. The van der Waals surface area contributed by atoms with Crippen molar-refractivity contribution in [2.45, 2.75) is 11.8 Å². The van der Waals surface area contributed by atoms with Crippen molar-refractivity contribution < 1.29 is 8.42 Å². The van der Waals surface area contributed by atoms with Gasteiger partial charge >= 0.3 is 0 Å². The van der Waals surface area contributed by atoms with Crippen LogP contribution in [0.15, 0.2) is 29.2 Å². The quantitative estimate of drug-likeness (QED) is 0.663. The van der Waals surface area contributed by atoms with E-state index in [-0.39, 0.29) is 0 Å². The topological polar surface area (TPSA) is 37.1 Å². The van der Waals surface area contributed by atoms with E-state index in [1.54, 1.807) is 18.2 Å². The Morgan fingerprint density at radius 2 is 2.00 bits per heavy atom. The van der Waals surface area contributed by atoms with Crippen LogP contribution in [0, 0.1) is 6.92 Å². The zero-order valence-corrected chi connectivity index (χ0v) is 8.21. The van der Waals surface area contributed by atoms with E-state index in [0.717, 1.165) is 5.56 Å². The molecule has 0 aromatic heterocycles. The molecule has 0 bridgehead atoms. The Kier molecular flexibility index (Phi) is 1.89. The Bertz CT molecular complexity index is 421. The lowest BCUT2D eigenvalue weighted by Crippen LogP contribution is -2.11. The first kappa shape index (κ1) is 8.72. The second-order valence-corrected chi connectivity index (χ2v) is 5.16. The van der Waals surface area contributed by atoms with Crippen molar-refractivity contribution in [2.75, 3.05) is 13.1 Å². The molecule has 0 atom stereocenters. The second kappa shape index (κ2) is 2.82. The van der Waals surface area contributed by atoms with E-state index >= 15 is 0 Å². The maximum atomic E-state index is 11.7. The van der Waals surface area contributed by atoms with Gasteiger partial charge in [-0.1, -0.05) is 12.1 Å². The normalized spacial score (nSPS) is 17.3. The van der Waals surface area contributed by atoms with Crippen molar-refractivity contribution >= 4 is 10.0 Å². The second-order valence-electron chi connectivity index (χ2n) is 3.22. The van der Waals surface area contributed by atoms with Gasteiger partial charge in [-0.15, -0.1) is 0 Å². The Morgan fingerprint density at radius 1 is 1.31 bits per heavy atom. The summed E-state index contributed by atoms with van der Waals surface area (Å²) in [4.78, 5) is 0.407. The van der Waals surface area contributed by atoms with E-state index in [9.17, 15) is 8.42 Å². The SMILES string of the molecule is Cc1cccc(S(=O)(=O)N2CC2)c1. The third-order valence-corrected chi connectivity index (χ3v) is 3.93. The molecule has 1 aliphatic heterocycles. The van der Waals surface area contributed by atoms with Crippen LogP contribution in [-0.4, -0.2) is 25.8 Å². The van der Waals surface area contributed by atoms with E-state index in [1.165, 1.54) is 4.31 Å². The summed E-state index contributed by atoms with van der Waals surface area (Å²) in [6.07, 6.45) is 0. The summed E-state index contributed by atoms with van der Waals surface area (Å²) in [5.41, 5.74) is 0.975. The summed E-state index contributed by atoms with van der Waals surface area (Å²) >= 11 is 0. The van der Waals surface area contributed by atoms with Crippen LogP contribution in [-0.2, 0) is 10.0 Å². The van der Waals surface area contributed by atoms with Gasteiger partial charge in [-0.05, 0) is 24.6 Å². The highest BCUT2D eigenvalue weighted by atomic mass is 32.2. The smallest absolute Gasteiger partial charge is 0.207 e. The summed E-state index contributed by atoms with van der Waals surface area (Å²) in [6, 6.07) is 7.00. The van der Waals surface area contributed by atoms with E-state index in [1.807, 2.05) is 13.0 Å². The molecule has 0 N–H and O–H groups in total. The van der Waals surface area contributed by atoms with Crippen molar-refractivity contribution in [1.82, 2.24) is 4.31 Å². The highest BCUT2D eigenvalue weighted by Gasteiger charge is 2.32. The fraction of sp³-hybridized carbons (Fsp3) is 0.333. The van der Waals surface area contributed by atoms with Crippen LogP contribution >= 0.6 is 0 Å². The van der Waals surface area contributed by atoms with Gasteiger partial charge in [0.2, 0.25) is 10.0 Å². The van der Waals surface area contributed by atoms with E-state index < -0.39 is 10.0 Å². The van der Waals surface area contributed by atoms with Gasteiger partial charge in [0.05, 0.1) is 4.90 Å². The molecule has 1 aromatic carbocycles. The number of benzene rings is 1. The molecule has 13 heavy (non-hydrogen) atoms. The first-order valence-electron chi connectivity index (χ1n) is 4.17. The summed E-state index contributed by atoms with van der Waals surface area (Å²) < 4.78 is 24.8. The summed E-state index contributed by atoms with van der Waals surface area (Å²) in [5, 5.41) is 0. The number of nitrogens with zero attached hydrogens (tertiary/aromatic N) is 1. The van der Waals surface area contributed by atoms with Gasteiger partial charge in [-0.3, -0.25) is 0 Å². The van der Waals surface area contributed by atoms with Crippen LogP contribution in [0.2, 0.25) is 0 Å². The molecule has 0 radical (unpaired) electrons. The van der Waals surface area contributed by atoms with Crippen molar-refractivity contribution in [2.24, 2.45) is 0 Å². The number of hydrogen-bond donors (Lipinski definition) is 0. The average molecular weight is 197 g/mol. The van der Waals surface area contributed by atoms with Crippen molar-refractivity contribution in [3.8, 4) is 0 Å². The van der Waals surface area contributed by atoms with Gasteiger partial charge in [0.15, 0.2) is 0 Å². The van der Waals surface area contributed by atoms with Crippen LogP contribution < -0.4 is 0 Å². The molecule has 2 rings (SSSR count). The standard InChI is InChI=1S/C9H11NO2S/c1-8-3-2-4-9(7-8)13(11,12)10-5-6-10/h2-4,7H,5-6H2,1H3. The molecule has 4 heteroatoms. The summed E-state index contributed by atoms with van der Waals surface area (Å²) in [6.45, 7) is 3.22. The molecule has 0 amide bonds. The zero-order valence-electron chi connectivity index (χ0n) is 7.40. The third-order valence-electron chi connectivity index (χ3n) is 2.03. The van der Waals surface area contributed by atoms with Gasteiger partial charge in [0.1, 0.15) is 0 Å². The van der Waals surface area contributed by atoms with Crippen molar-refractivity contribution in [1.29, 1.82) is 0 Å². The van der Waals surface area contributed by atoms with E-state index in [4.69, 9.17) is 0 Å². The largest absolute Gasteiger partial charge is 0.243 e. The van der Waals surface area contributed by atoms with Gasteiger partial charge in [-0.2, -0.15) is 4.31 Å². The van der Waals surface area contributed by atoms with Gasteiger partial charge < -0.3 is 0 Å². The molecule has 70 valence electrons. The van der Waals surface area contributed by atoms with Gasteiger partial charge in [0, 0.05) is 13.1 Å². The molecular formula is C9H11NO2S. The Balaban J connectivity index is 2.45. The van der Waals surface area contributed by atoms with Crippen LogP contribution in [0.4, 0.5) is 0 Å². The van der Waals surface area contributed by atoms with Crippen LogP contribution in [0.1, 0.15) is 5.56 Å². The van der Waals surface area contributed by atoms with Gasteiger partial charge in [-0.25, -0.2) is 8.42 Å². The van der Waals surface area contributed by atoms with Crippen LogP contribution in [0.25, 0.3) is 0 Å². The lowest BCUT2D eigenvalue weighted by Gasteiger charge is -2.04. The van der Waals surface area contributed by atoms with Gasteiger partial charge in [0.25, 0.3) is 0 Å². The van der Waals surface area contributed by atoms with Crippen molar-refractivity contribution in [3.05, 3.63) is 29.8 Å². The number of hydrogen-bond acceptors (Lipinski definition) is 2. The Hall–Kier alpha value is -0.870. The van der Waals surface area contributed by atoms with Crippen LogP contribution in [0.3, 0.4) is 0 Å². The third kappa shape index (κ3) is 1.59. The first-order chi connectivity index (χ1) is 6.10. The average Bonchev–Trinajstić information content (AvgIpc) is 2.86. The molecule has 1 fully saturated rings. The van der Waals surface area contributed by atoms with E-state index in [0.29, 0.717) is 18.0 Å². The molecule has 0 saturated carbocycles. The molecule has 0 aliphatic carbocycles. The predicted octanol–water partition coefficient (Wildman–Crippen LogP) is 0.999. The van der Waals surface area contributed by atoms with E-state index in [2.05, 4.69) is 0 Å². The Labute approximate surface area is 78.0 Å². The molecule has 1 saturated heterocycles. The minimum atomic E-state index is -3.15. The minimum absolute atomic E-state index is 0.407. The Morgan fingerprint density at radius 3 is 2.54 bits per heavy atom. The summed E-state index contributed by atoms with van der Waals surface area (Å²) in [5.74, 6) is 0. The molecule has 3 nitrogen and oxygen atoms in total. The monoisotopic (exact) mass is 197 g/mol. The molecule has 1 aliphatic rings. The highest BCUT2D eigenvalue weighted by molar-refractivity contribution is 7.89. The molecular weight excluding hydrogens is 186 g/mol. The molecule has 1 heterocycles. The first-order valence-corrected chi connectivity index (χ1v) is 5.61. The highest BCUT2D eigenvalue weighted by Crippen LogP contribution is 2.21. The number of rotatable bonds is 2. The van der Waals surface area contributed by atoms with Crippen molar-refractivity contribution in [3.63, 3.8) is 0 Å². The molecule has 0 spiro atoms. The number of sulfonamides is 1. The number of aryl methyl sites for hydroxylation is 1. The van der Waals surface area contributed by atoms with Crippen LogP contribution in [0.5, 0.6) is 0 Å². The zero-order chi connectivity index (χ0) is 9.47. The lowest BCUT2D eigenvalue weighted by atomic mass is 10.2. The fourth-order valence-electron chi connectivity index (χ4n) is 1.21.